The van der Waals surface area contributed by atoms with Gasteiger partial charge in [0.1, 0.15) is 4.83 Å². The maximum atomic E-state index is 13.8. The molecule has 5 aromatic rings. The van der Waals surface area contributed by atoms with Crippen molar-refractivity contribution in [2.75, 3.05) is 5.75 Å². The molecule has 1 aliphatic carbocycles. The SMILES string of the molecule is O=C(CSc1nnc2n(-c3ccc(Cl)cc3)c(=O)c3c4c(sc3n12)CCCC4)c1ccccc1. The number of thiophene rings is 1. The van der Waals surface area contributed by atoms with Gasteiger partial charge in [0, 0.05) is 15.5 Å². The van der Waals surface area contributed by atoms with Gasteiger partial charge in [0.05, 0.1) is 16.8 Å². The number of Topliss-reactive ketones (excluding diaryl/α,β-unsaturated/α-hetero) is 1. The van der Waals surface area contributed by atoms with Crippen LogP contribution in [-0.2, 0) is 12.8 Å². The Labute approximate surface area is 208 Å². The summed E-state index contributed by atoms with van der Waals surface area (Å²) in [5.41, 5.74) is 2.40. The lowest BCUT2D eigenvalue weighted by atomic mass is 9.97. The van der Waals surface area contributed by atoms with E-state index in [2.05, 4.69) is 10.2 Å². The molecule has 0 fully saturated rings. The summed E-state index contributed by atoms with van der Waals surface area (Å²) in [6.07, 6.45) is 4.08. The zero-order valence-electron chi connectivity index (χ0n) is 18.0. The van der Waals surface area contributed by atoms with E-state index in [1.165, 1.54) is 16.6 Å². The molecule has 0 atom stereocenters. The first-order valence-corrected chi connectivity index (χ1v) is 13.2. The van der Waals surface area contributed by atoms with Crippen LogP contribution < -0.4 is 5.56 Å². The minimum absolute atomic E-state index is 0.0232. The summed E-state index contributed by atoms with van der Waals surface area (Å²) < 4.78 is 3.55. The molecule has 6 rings (SSSR count). The number of ketones is 1. The summed E-state index contributed by atoms with van der Waals surface area (Å²) in [7, 11) is 0. The monoisotopic (exact) mass is 506 g/mol. The quantitative estimate of drug-likeness (QED) is 0.229. The molecule has 3 heterocycles. The molecule has 0 unspecified atom stereocenters. The van der Waals surface area contributed by atoms with Crippen LogP contribution in [0.25, 0.3) is 21.7 Å². The molecule has 0 saturated carbocycles. The molecule has 34 heavy (non-hydrogen) atoms. The third-order valence-electron chi connectivity index (χ3n) is 6.10. The highest BCUT2D eigenvalue weighted by Crippen LogP contribution is 2.36. The average Bonchev–Trinajstić information content (AvgIpc) is 3.46. The highest BCUT2D eigenvalue weighted by molar-refractivity contribution is 7.99. The normalized spacial score (nSPS) is 13.4. The third kappa shape index (κ3) is 3.57. The fraction of sp³-hybridized carbons (Fsp3) is 0.200. The van der Waals surface area contributed by atoms with E-state index < -0.39 is 0 Å². The summed E-state index contributed by atoms with van der Waals surface area (Å²) in [5, 5.41) is 10.7. The molecule has 3 aromatic heterocycles. The van der Waals surface area contributed by atoms with Gasteiger partial charge in [-0.1, -0.05) is 53.7 Å². The lowest BCUT2D eigenvalue weighted by Gasteiger charge is -2.12. The number of rotatable bonds is 5. The Balaban J connectivity index is 1.54. The van der Waals surface area contributed by atoms with Crippen LogP contribution in [0.3, 0.4) is 0 Å². The van der Waals surface area contributed by atoms with E-state index in [-0.39, 0.29) is 17.1 Å². The molecule has 0 radical (unpaired) electrons. The second kappa shape index (κ2) is 8.69. The number of nitrogens with zero attached hydrogens (tertiary/aromatic N) is 4. The molecular weight excluding hydrogens is 488 g/mol. The van der Waals surface area contributed by atoms with Gasteiger partial charge in [-0.05, 0) is 55.5 Å². The van der Waals surface area contributed by atoms with Crippen LogP contribution >= 0.6 is 34.7 Å². The Morgan fingerprint density at radius 2 is 1.79 bits per heavy atom. The van der Waals surface area contributed by atoms with Gasteiger partial charge in [-0.3, -0.25) is 9.59 Å². The van der Waals surface area contributed by atoms with Gasteiger partial charge in [0.15, 0.2) is 10.9 Å². The van der Waals surface area contributed by atoms with Crippen molar-refractivity contribution in [1.82, 2.24) is 19.2 Å². The summed E-state index contributed by atoms with van der Waals surface area (Å²) in [4.78, 5) is 28.7. The molecule has 0 N–H and O–H groups in total. The maximum absolute atomic E-state index is 13.8. The Bertz CT molecular complexity index is 1600. The first kappa shape index (κ1) is 21.6. The number of halogens is 1. The number of carbonyl (C=O) groups is 1. The Kier molecular flexibility index (Phi) is 5.51. The van der Waals surface area contributed by atoms with Crippen molar-refractivity contribution in [3.05, 3.63) is 86.0 Å². The number of hydrogen-bond acceptors (Lipinski definition) is 6. The lowest BCUT2D eigenvalue weighted by Crippen LogP contribution is -2.22. The van der Waals surface area contributed by atoms with Crippen LogP contribution in [0.4, 0.5) is 0 Å². The molecule has 0 spiro atoms. The predicted octanol–water partition coefficient (Wildman–Crippen LogP) is 5.60. The number of aryl methyl sites for hydroxylation is 2. The fourth-order valence-electron chi connectivity index (χ4n) is 4.47. The van der Waals surface area contributed by atoms with E-state index in [1.54, 1.807) is 28.0 Å². The van der Waals surface area contributed by atoms with E-state index in [9.17, 15) is 9.59 Å². The molecular formula is C25H19ClN4O2S2. The first-order valence-electron chi connectivity index (χ1n) is 11.0. The Morgan fingerprint density at radius 1 is 1.03 bits per heavy atom. The number of fused-ring (bicyclic) bond motifs is 5. The van der Waals surface area contributed by atoms with Crippen molar-refractivity contribution in [3.8, 4) is 5.69 Å². The minimum atomic E-state index is -0.0893. The van der Waals surface area contributed by atoms with Crippen LogP contribution in [0.1, 0.15) is 33.6 Å². The molecule has 0 aliphatic heterocycles. The number of benzene rings is 2. The Hall–Kier alpha value is -2.94. The molecule has 170 valence electrons. The Morgan fingerprint density at radius 3 is 2.59 bits per heavy atom. The van der Waals surface area contributed by atoms with Crippen molar-refractivity contribution < 1.29 is 4.79 Å². The highest BCUT2D eigenvalue weighted by atomic mass is 35.5. The molecule has 2 aromatic carbocycles. The van der Waals surface area contributed by atoms with Crippen molar-refractivity contribution in [2.45, 2.75) is 30.8 Å². The topological polar surface area (TPSA) is 69.3 Å². The molecule has 9 heteroatoms. The third-order valence-corrected chi connectivity index (χ3v) is 8.56. The zero-order valence-corrected chi connectivity index (χ0v) is 20.4. The van der Waals surface area contributed by atoms with Crippen LogP contribution in [0.15, 0.2) is 64.5 Å². The summed E-state index contributed by atoms with van der Waals surface area (Å²) in [6.45, 7) is 0. The van der Waals surface area contributed by atoms with Gasteiger partial charge in [-0.2, -0.15) is 0 Å². The number of hydrogen-bond donors (Lipinski definition) is 0. The van der Waals surface area contributed by atoms with E-state index in [0.29, 0.717) is 27.2 Å². The standard InChI is InChI=1S/C25H19ClN4O2S2/c26-16-10-12-17(13-11-16)29-22(32)21-18-8-4-5-9-20(18)34-23(21)30-24(29)27-28-25(30)33-14-19(31)15-6-2-1-3-7-15/h1-3,6-7,10-13H,4-5,8-9,14H2. The second-order valence-electron chi connectivity index (χ2n) is 8.20. The lowest BCUT2D eigenvalue weighted by molar-refractivity contribution is 0.102. The molecule has 0 amide bonds. The van der Waals surface area contributed by atoms with Gasteiger partial charge < -0.3 is 0 Å². The maximum Gasteiger partial charge on any atom is 0.268 e. The van der Waals surface area contributed by atoms with Gasteiger partial charge >= 0.3 is 0 Å². The van der Waals surface area contributed by atoms with Crippen molar-refractivity contribution >= 4 is 56.5 Å². The van der Waals surface area contributed by atoms with Gasteiger partial charge in [-0.15, -0.1) is 21.5 Å². The van der Waals surface area contributed by atoms with Crippen LogP contribution in [0.2, 0.25) is 5.02 Å². The first-order chi connectivity index (χ1) is 16.6. The predicted molar refractivity (Wildman–Crippen MR) is 137 cm³/mol. The largest absolute Gasteiger partial charge is 0.293 e. The average molecular weight is 507 g/mol. The fourth-order valence-corrected chi connectivity index (χ4v) is 6.86. The van der Waals surface area contributed by atoms with Crippen molar-refractivity contribution in [2.24, 2.45) is 0 Å². The van der Waals surface area contributed by atoms with E-state index in [0.717, 1.165) is 41.5 Å². The molecule has 6 nitrogen and oxygen atoms in total. The summed E-state index contributed by atoms with van der Waals surface area (Å²) in [6, 6.07) is 16.4. The molecule has 1 aliphatic rings. The van der Waals surface area contributed by atoms with Crippen LogP contribution in [0.5, 0.6) is 0 Å². The molecule has 0 bridgehead atoms. The summed E-state index contributed by atoms with van der Waals surface area (Å²) >= 11 is 9.09. The number of aromatic nitrogens is 4. The van der Waals surface area contributed by atoms with Gasteiger partial charge in [0.2, 0.25) is 5.78 Å². The van der Waals surface area contributed by atoms with E-state index in [1.807, 2.05) is 46.9 Å². The number of carbonyl (C=O) groups excluding carboxylic acids is 1. The van der Waals surface area contributed by atoms with Crippen LogP contribution in [0, 0.1) is 0 Å². The number of thioether (sulfide) groups is 1. The van der Waals surface area contributed by atoms with E-state index >= 15 is 0 Å². The van der Waals surface area contributed by atoms with Crippen LogP contribution in [-0.4, -0.2) is 30.7 Å². The second-order valence-corrected chi connectivity index (χ2v) is 10.7. The zero-order chi connectivity index (χ0) is 23.2. The van der Waals surface area contributed by atoms with E-state index in [4.69, 9.17) is 11.6 Å². The summed E-state index contributed by atoms with van der Waals surface area (Å²) in [5.74, 6) is 0.695. The minimum Gasteiger partial charge on any atom is -0.293 e. The molecule has 0 saturated heterocycles. The van der Waals surface area contributed by atoms with Gasteiger partial charge in [-0.25, -0.2) is 8.97 Å². The van der Waals surface area contributed by atoms with Gasteiger partial charge in [0.25, 0.3) is 5.56 Å². The van der Waals surface area contributed by atoms with Crippen molar-refractivity contribution in [3.63, 3.8) is 0 Å². The van der Waals surface area contributed by atoms with Crippen molar-refractivity contribution in [1.29, 1.82) is 0 Å². The smallest absolute Gasteiger partial charge is 0.268 e. The highest BCUT2D eigenvalue weighted by Gasteiger charge is 2.25.